The molecule has 3 heteroatoms. The fourth-order valence-electron chi connectivity index (χ4n) is 0.354. The first-order valence-corrected chi connectivity index (χ1v) is 5.43. The maximum absolute atomic E-state index is 4.76. The summed E-state index contributed by atoms with van der Waals surface area (Å²) in [6, 6.07) is 0. The third-order valence-corrected chi connectivity index (χ3v) is 1.41. The van der Waals surface area contributed by atoms with Crippen LogP contribution in [0.3, 0.4) is 0 Å². The summed E-state index contributed by atoms with van der Waals surface area (Å²) in [5, 5.41) is 1.68. The summed E-state index contributed by atoms with van der Waals surface area (Å²) >= 11 is 10.9. The number of unbranched alkanes of at least 4 members (excludes halogenated alkanes) is 1. The van der Waals surface area contributed by atoms with Gasteiger partial charge >= 0.3 is 0 Å². The highest BCUT2D eigenvalue weighted by atomic mass is 35.5. The molecule has 0 atom stereocenters. The Bertz CT molecular complexity index is 28.9. The van der Waals surface area contributed by atoms with Crippen LogP contribution in [-0.4, -0.2) is 21.6 Å². The lowest BCUT2D eigenvalue weighted by Crippen LogP contribution is -1.63. The first-order chi connectivity index (χ1) is 3.83. The first-order valence-electron chi connectivity index (χ1n) is 2.95. The molecule has 8 heavy (non-hydrogen) atoms. The lowest BCUT2D eigenvalue weighted by Gasteiger charge is -1.78. The smallest absolute Gasteiger partial charge is 0.109 e. The quantitative estimate of drug-likeness (QED) is 0.444. The molecule has 0 unspecified atom stereocenters. The maximum Gasteiger partial charge on any atom is 0.211 e. The minimum Gasteiger partial charge on any atom is -0.109 e. The van der Waals surface area contributed by atoms with Crippen LogP contribution < -0.4 is 0 Å². The van der Waals surface area contributed by atoms with Crippen molar-refractivity contribution in [3.63, 3.8) is 0 Å². The summed E-state index contributed by atoms with van der Waals surface area (Å²) in [6.45, 7) is 2.23. The molecule has 0 aromatic rings. The molecule has 0 spiro atoms. The molecule has 0 aliphatic heterocycles. The highest BCUT2D eigenvalue weighted by Gasteiger charge is 1.69. The van der Waals surface area contributed by atoms with Gasteiger partial charge in [-0.1, -0.05) is 19.8 Å². The van der Waals surface area contributed by atoms with E-state index in [-0.39, 0.29) is 6.77 Å². The molecule has 0 N–H and O–H groups in total. The van der Waals surface area contributed by atoms with Crippen molar-refractivity contribution >= 4 is 39.5 Å². The third kappa shape index (κ3) is 27.4. The SMILES string of the molecule is CCC[CH2][AlH2].ClCCl.[HH]. The van der Waals surface area contributed by atoms with Crippen LogP contribution >= 0.6 is 23.2 Å². The Kier molecular flexibility index (Phi) is 23.3. The fourth-order valence-corrected chi connectivity index (χ4v) is 1.06. The van der Waals surface area contributed by atoms with Gasteiger partial charge in [-0.3, -0.25) is 0 Å². The summed E-state index contributed by atoms with van der Waals surface area (Å²) in [5.41, 5.74) is 0. The molecular weight excluding hydrogens is 158 g/mol. The van der Waals surface area contributed by atoms with Crippen molar-refractivity contribution in [3.05, 3.63) is 0 Å². The van der Waals surface area contributed by atoms with Gasteiger partial charge in [0, 0.05) is 1.43 Å². The molecule has 0 aromatic heterocycles. The summed E-state index contributed by atoms with van der Waals surface area (Å²) in [5.74, 6) is 0. The van der Waals surface area contributed by atoms with Gasteiger partial charge < -0.3 is 0 Å². The zero-order valence-electron chi connectivity index (χ0n) is 5.58. The molecule has 0 saturated carbocycles. The molecule has 0 aliphatic rings. The van der Waals surface area contributed by atoms with Gasteiger partial charge in [0.25, 0.3) is 0 Å². The van der Waals surface area contributed by atoms with Crippen molar-refractivity contribution in [1.82, 2.24) is 0 Å². The zero-order chi connectivity index (χ0) is 6.83. The predicted molar refractivity (Wildman–Crippen MR) is 46.9 cm³/mol. The Morgan fingerprint density at radius 2 is 1.88 bits per heavy atom. The van der Waals surface area contributed by atoms with Crippen LogP contribution in [0.15, 0.2) is 0 Å². The minimum atomic E-state index is 0. The minimum absolute atomic E-state index is 0. The van der Waals surface area contributed by atoms with Crippen LogP contribution in [-0.2, 0) is 0 Å². The molecule has 0 saturated heterocycles. The number of halogens is 2. The Morgan fingerprint density at radius 1 is 1.50 bits per heavy atom. The lowest BCUT2D eigenvalue weighted by molar-refractivity contribution is 0.884. The third-order valence-electron chi connectivity index (χ3n) is 0.707. The average molecular weight is 173 g/mol. The molecule has 0 aliphatic carbocycles. The Labute approximate surface area is 71.5 Å². The van der Waals surface area contributed by atoms with E-state index in [4.69, 9.17) is 23.2 Å². The number of alkyl halides is 2. The van der Waals surface area contributed by atoms with Crippen LogP contribution in [0, 0.1) is 0 Å². The van der Waals surface area contributed by atoms with Gasteiger partial charge in [-0.2, -0.15) is 0 Å². The molecule has 0 heterocycles. The van der Waals surface area contributed by atoms with Crippen molar-refractivity contribution in [2.45, 2.75) is 25.0 Å². The molecule has 0 aromatic carbocycles. The second-order valence-corrected chi connectivity index (χ2v) is 3.26. The molecule has 0 rings (SSSR count). The van der Waals surface area contributed by atoms with E-state index in [1.165, 1.54) is 34.4 Å². The number of hydrogen-bond acceptors (Lipinski definition) is 0. The van der Waals surface area contributed by atoms with Crippen molar-refractivity contribution in [2.24, 2.45) is 0 Å². The maximum atomic E-state index is 4.76. The normalized spacial score (nSPS) is 7.38. The molecule has 0 fully saturated rings. The summed E-state index contributed by atoms with van der Waals surface area (Å²) in [6.07, 6.45) is 2.83. The largest absolute Gasteiger partial charge is 0.211 e. The van der Waals surface area contributed by atoms with Gasteiger partial charge in [0.05, 0.1) is 5.34 Å². The molecular formula is C5H15AlCl2. The molecule has 0 nitrogen and oxygen atoms in total. The van der Waals surface area contributed by atoms with E-state index in [1.807, 2.05) is 0 Å². The second-order valence-electron chi connectivity index (χ2n) is 1.45. The van der Waals surface area contributed by atoms with E-state index in [0.717, 1.165) is 0 Å². The van der Waals surface area contributed by atoms with Gasteiger partial charge in [-0.15, -0.1) is 28.5 Å². The van der Waals surface area contributed by atoms with Crippen molar-refractivity contribution in [3.8, 4) is 0 Å². The van der Waals surface area contributed by atoms with E-state index < -0.39 is 0 Å². The van der Waals surface area contributed by atoms with Gasteiger partial charge in [0.15, 0.2) is 0 Å². The highest BCUT2D eigenvalue weighted by molar-refractivity contribution is 6.40. The van der Waals surface area contributed by atoms with Crippen LogP contribution in [0.2, 0.25) is 5.28 Å². The zero-order valence-corrected chi connectivity index (χ0v) is 9.10. The second kappa shape index (κ2) is 15.7. The standard InChI is InChI=1S/C4H9.CH2Cl2.Al.H2.2H/c1-3-4-2;2-1-3;;;;/h1,3-4H2,2H3;1H2;;1H;;. The van der Waals surface area contributed by atoms with E-state index in [9.17, 15) is 0 Å². The van der Waals surface area contributed by atoms with Crippen molar-refractivity contribution in [1.29, 1.82) is 0 Å². The van der Waals surface area contributed by atoms with Gasteiger partial charge in [-0.25, -0.2) is 0 Å². The van der Waals surface area contributed by atoms with Crippen LogP contribution in [0.25, 0.3) is 0 Å². The summed E-state index contributed by atoms with van der Waals surface area (Å²) < 4.78 is 0. The summed E-state index contributed by atoms with van der Waals surface area (Å²) in [4.78, 5) is 0. The first kappa shape index (κ1) is 11.9. The molecule has 0 amide bonds. The highest BCUT2D eigenvalue weighted by Crippen LogP contribution is 1.86. The molecule has 0 radical (unpaired) electrons. The predicted octanol–water partition coefficient (Wildman–Crippen LogP) is 2.51. The summed E-state index contributed by atoms with van der Waals surface area (Å²) in [7, 11) is 0. The topological polar surface area (TPSA) is 0 Å². The van der Waals surface area contributed by atoms with Crippen LogP contribution in [0.1, 0.15) is 21.2 Å². The Hall–Kier alpha value is 1.11. The number of rotatable bonds is 2. The van der Waals surface area contributed by atoms with Crippen molar-refractivity contribution in [2.75, 3.05) is 5.34 Å². The van der Waals surface area contributed by atoms with Gasteiger partial charge in [-0.05, 0) is 0 Å². The number of hydrogen-bond donors (Lipinski definition) is 0. The van der Waals surface area contributed by atoms with Crippen molar-refractivity contribution < 1.29 is 1.43 Å². The van der Waals surface area contributed by atoms with E-state index in [2.05, 4.69) is 6.92 Å². The van der Waals surface area contributed by atoms with E-state index in [1.54, 1.807) is 0 Å². The monoisotopic (exact) mass is 172 g/mol. The fraction of sp³-hybridized carbons (Fsp3) is 1.00. The average Bonchev–Trinajstić information content (AvgIpc) is 1.71. The van der Waals surface area contributed by atoms with E-state index >= 15 is 0 Å². The van der Waals surface area contributed by atoms with Crippen LogP contribution in [0.4, 0.5) is 0 Å². The van der Waals surface area contributed by atoms with Crippen LogP contribution in [0.5, 0.6) is 0 Å². The molecule has 0 bridgehead atoms. The lowest BCUT2D eigenvalue weighted by atomic mass is 10.4. The molecule has 52 valence electrons. The van der Waals surface area contributed by atoms with Gasteiger partial charge in [0.1, 0.15) is 0 Å². The van der Waals surface area contributed by atoms with E-state index in [0.29, 0.717) is 0 Å². The van der Waals surface area contributed by atoms with Gasteiger partial charge in [0.2, 0.25) is 16.3 Å². The Balaban J connectivity index is -0.0000000800. The Morgan fingerprint density at radius 3 is 1.88 bits per heavy atom.